The van der Waals surface area contributed by atoms with E-state index in [0.29, 0.717) is 6.42 Å². The van der Waals surface area contributed by atoms with Gasteiger partial charge in [-0.2, -0.15) is 0 Å². The third-order valence-corrected chi connectivity index (χ3v) is 2.98. The number of ketones is 1. The largest absolute Gasteiger partial charge is 0.371 e. The van der Waals surface area contributed by atoms with Gasteiger partial charge >= 0.3 is 0 Å². The first-order chi connectivity index (χ1) is 7.20. The summed E-state index contributed by atoms with van der Waals surface area (Å²) in [6.45, 7) is 5.99. The van der Waals surface area contributed by atoms with Crippen LogP contribution in [0, 0.1) is 0 Å². The number of benzene rings is 1. The van der Waals surface area contributed by atoms with Crippen LogP contribution in [-0.4, -0.2) is 18.9 Å². The summed E-state index contributed by atoms with van der Waals surface area (Å²) in [6.07, 6.45) is 1.70. The van der Waals surface area contributed by atoms with Crippen LogP contribution in [0.1, 0.15) is 25.0 Å². The van der Waals surface area contributed by atoms with E-state index in [4.69, 9.17) is 0 Å². The van der Waals surface area contributed by atoms with Gasteiger partial charge in [0, 0.05) is 25.2 Å². The molecule has 1 heterocycles. The van der Waals surface area contributed by atoms with Gasteiger partial charge in [0.05, 0.1) is 0 Å². The van der Waals surface area contributed by atoms with Gasteiger partial charge in [-0.1, -0.05) is 12.1 Å². The van der Waals surface area contributed by atoms with E-state index in [-0.39, 0.29) is 5.78 Å². The number of anilines is 1. The van der Waals surface area contributed by atoms with Crippen molar-refractivity contribution in [3.05, 3.63) is 29.3 Å². The summed E-state index contributed by atoms with van der Waals surface area (Å²) in [6, 6.07) is 6.43. The standard InChI is InChI=1S/C13H17NO/c1-3-14-7-6-12-5-4-11(8-10(2)15)9-13(12)14/h4-5,9H,3,6-8H2,1-2H3. The molecule has 0 fully saturated rings. The van der Waals surface area contributed by atoms with Crippen molar-refractivity contribution < 1.29 is 4.79 Å². The Labute approximate surface area is 90.9 Å². The molecule has 0 N–H and O–H groups in total. The Morgan fingerprint density at radius 3 is 2.93 bits per heavy atom. The number of fused-ring (bicyclic) bond motifs is 1. The van der Waals surface area contributed by atoms with Crippen molar-refractivity contribution in [2.24, 2.45) is 0 Å². The molecule has 0 unspecified atom stereocenters. The highest BCUT2D eigenvalue weighted by Gasteiger charge is 2.17. The molecule has 1 aliphatic rings. The molecule has 0 atom stereocenters. The molecule has 1 aromatic carbocycles. The predicted octanol–water partition coefficient (Wildman–Crippen LogP) is 2.20. The van der Waals surface area contributed by atoms with Crippen LogP contribution in [0.3, 0.4) is 0 Å². The molecule has 1 aromatic rings. The van der Waals surface area contributed by atoms with Gasteiger partial charge in [0.15, 0.2) is 0 Å². The molecule has 0 aromatic heterocycles. The van der Waals surface area contributed by atoms with E-state index in [2.05, 4.69) is 30.0 Å². The van der Waals surface area contributed by atoms with Crippen molar-refractivity contribution >= 4 is 11.5 Å². The first kappa shape index (κ1) is 10.2. The minimum Gasteiger partial charge on any atom is -0.371 e. The molecule has 15 heavy (non-hydrogen) atoms. The van der Waals surface area contributed by atoms with Crippen molar-refractivity contribution in [3.63, 3.8) is 0 Å². The molecule has 80 valence electrons. The number of rotatable bonds is 3. The van der Waals surface area contributed by atoms with Gasteiger partial charge in [0.25, 0.3) is 0 Å². The van der Waals surface area contributed by atoms with Crippen LogP contribution in [0.2, 0.25) is 0 Å². The fourth-order valence-electron chi connectivity index (χ4n) is 2.22. The van der Waals surface area contributed by atoms with Crippen molar-refractivity contribution in [2.75, 3.05) is 18.0 Å². The highest BCUT2D eigenvalue weighted by molar-refractivity contribution is 5.78. The van der Waals surface area contributed by atoms with E-state index in [1.165, 1.54) is 11.3 Å². The summed E-state index contributed by atoms with van der Waals surface area (Å²) >= 11 is 0. The Morgan fingerprint density at radius 1 is 1.47 bits per heavy atom. The van der Waals surface area contributed by atoms with Gasteiger partial charge in [-0.05, 0) is 37.5 Å². The van der Waals surface area contributed by atoms with E-state index in [1.807, 2.05) is 0 Å². The second kappa shape index (κ2) is 4.05. The molecular weight excluding hydrogens is 186 g/mol. The zero-order valence-corrected chi connectivity index (χ0v) is 9.42. The van der Waals surface area contributed by atoms with E-state index in [9.17, 15) is 4.79 Å². The summed E-state index contributed by atoms with van der Waals surface area (Å²) < 4.78 is 0. The first-order valence-electron chi connectivity index (χ1n) is 5.57. The number of Topliss-reactive ketones (excluding diaryl/α,β-unsaturated/α-hetero) is 1. The first-order valence-corrected chi connectivity index (χ1v) is 5.57. The summed E-state index contributed by atoms with van der Waals surface area (Å²) in [4.78, 5) is 13.4. The van der Waals surface area contributed by atoms with Crippen LogP contribution in [0.25, 0.3) is 0 Å². The Morgan fingerprint density at radius 2 is 2.27 bits per heavy atom. The van der Waals surface area contributed by atoms with Gasteiger partial charge in [-0.3, -0.25) is 4.79 Å². The molecule has 2 heteroatoms. The summed E-state index contributed by atoms with van der Waals surface area (Å²) in [7, 11) is 0. The zero-order chi connectivity index (χ0) is 10.8. The van der Waals surface area contributed by atoms with E-state index >= 15 is 0 Å². The van der Waals surface area contributed by atoms with Crippen molar-refractivity contribution in [1.29, 1.82) is 0 Å². The Hall–Kier alpha value is -1.31. The van der Waals surface area contributed by atoms with Crippen LogP contribution < -0.4 is 4.90 Å². The smallest absolute Gasteiger partial charge is 0.134 e. The molecule has 0 saturated heterocycles. The lowest BCUT2D eigenvalue weighted by Gasteiger charge is -2.17. The number of carbonyl (C=O) groups excluding carboxylic acids is 1. The van der Waals surface area contributed by atoms with Gasteiger partial charge in [0.2, 0.25) is 0 Å². The third kappa shape index (κ3) is 2.04. The molecule has 0 spiro atoms. The summed E-state index contributed by atoms with van der Waals surface area (Å²) in [5.74, 6) is 0.232. The van der Waals surface area contributed by atoms with Gasteiger partial charge < -0.3 is 4.90 Å². The van der Waals surface area contributed by atoms with E-state index in [0.717, 1.165) is 25.1 Å². The fraction of sp³-hybridized carbons (Fsp3) is 0.462. The average Bonchev–Trinajstić information content (AvgIpc) is 2.59. The third-order valence-electron chi connectivity index (χ3n) is 2.98. The monoisotopic (exact) mass is 203 g/mol. The number of carbonyl (C=O) groups is 1. The lowest BCUT2D eigenvalue weighted by atomic mass is 10.1. The summed E-state index contributed by atoms with van der Waals surface area (Å²) in [5, 5.41) is 0. The highest BCUT2D eigenvalue weighted by Crippen LogP contribution is 2.28. The normalized spacial score (nSPS) is 14.1. The molecular formula is C13H17NO. The second-order valence-electron chi connectivity index (χ2n) is 4.17. The predicted molar refractivity (Wildman–Crippen MR) is 62.4 cm³/mol. The van der Waals surface area contributed by atoms with Crippen LogP contribution in [-0.2, 0) is 17.6 Å². The highest BCUT2D eigenvalue weighted by atomic mass is 16.1. The molecule has 0 saturated carbocycles. The number of likely N-dealkylation sites (N-methyl/N-ethyl adjacent to an activating group) is 1. The molecule has 2 rings (SSSR count). The zero-order valence-electron chi connectivity index (χ0n) is 9.42. The van der Waals surface area contributed by atoms with Crippen LogP contribution in [0.5, 0.6) is 0 Å². The second-order valence-corrected chi connectivity index (χ2v) is 4.17. The van der Waals surface area contributed by atoms with E-state index < -0.39 is 0 Å². The maximum Gasteiger partial charge on any atom is 0.134 e. The van der Waals surface area contributed by atoms with Crippen molar-refractivity contribution in [2.45, 2.75) is 26.7 Å². The molecule has 0 radical (unpaired) electrons. The fourth-order valence-corrected chi connectivity index (χ4v) is 2.22. The number of hydrogen-bond acceptors (Lipinski definition) is 2. The molecule has 0 bridgehead atoms. The molecule has 2 nitrogen and oxygen atoms in total. The Balaban J connectivity index is 2.28. The topological polar surface area (TPSA) is 20.3 Å². The van der Waals surface area contributed by atoms with E-state index in [1.54, 1.807) is 6.92 Å². The lowest BCUT2D eigenvalue weighted by Crippen LogP contribution is -2.19. The maximum atomic E-state index is 11.1. The van der Waals surface area contributed by atoms with Gasteiger partial charge in [-0.15, -0.1) is 0 Å². The number of hydrogen-bond donors (Lipinski definition) is 0. The quantitative estimate of drug-likeness (QED) is 0.750. The van der Waals surface area contributed by atoms with Crippen molar-refractivity contribution in [1.82, 2.24) is 0 Å². The Bertz CT molecular complexity index is 384. The number of nitrogens with zero attached hydrogens (tertiary/aromatic N) is 1. The minimum atomic E-state index is 0.232. The van der Waals surface area contributed by atoms with Crippen LogP contribution in [0.15, 0.2) is 18.2 Å². The molecule has 1 aliphatic heterocycles. The Kier molecular flexibility index (Phi) is 2.76. The van der Waals surface area contributed by atoms with Gasteiger partial charge in [-0.25, -0.2) is 0 Å². The van der Waals surface area contributed by atoms with Crippen LogP contribution in [0.4, 0.5) is 5.69 Å². The minimum absolute atomic E-state index is 0.232. The van der Waals surface area contributed by atoms with Crippen LogP contribution >= 0.6 is 0 Å². The lowest BCUT2D eigenvalue weighted by molar-refractivity contribution is -0.116. The van der Waals surface area contributed by atoms with Crippen molar-refractivity contribution in [3.8, 4) is 0 Å². The maximum absolute atomic E-state index is 11.1. The van der Waals surface area contributed by atoms with Gasteiger partial charge in [0.1, 0.15) is 5.78 Å². The molecule has 0 aliphatic carbocycles. The SMILES string of the molecule is CCN1CCc2ccc(CC(C)=O)cc21. The molecule has 0 amide bonds. The average molecular weight is 203 g/mol. The summed E-state index contributed by atoms with van der Waals surface area (Å²) in [5.41, 5.74) is 3.89.